The minimum absolute atomic E-state index is 0.0212. The Labute approximate surface area is 200 Å². The largest absolute Gasteiger partial charge is 0.438 e. The standard InChI is InChI=1S/C22H24ClN7O4/c23-15-3-1-14(2-4-15)13-26-21(28-22(33)25-11-12-31)27-16-5-7-17(8-6-16)34-19-10-9-18(20(24)32)29-30-19/h1-3,5-10,15,31H,4,11-13H2,(H2,24,32)(H3,25,26,27,28,33). The van der Waals surface area contributed by atoms with Crippen molar-refractivity contribution in [1.29, 1.82) is 0 Å². The van der Waals surface area contributed by atoms with Gasteiger partial charge in [0, 0.05) is 19.2 Å². The number of carbonyl (C=O) groups excluding carboxylic acids is 2. The van der Waals surface area contributed by atoms with E-state index >= 15 is 0 Å². The number of hydrogen-bond acceptors (Lipinski definition) is 7. The highest BCUT2D eigenvalue weighted by Gasteiger charge is 2.09. The molecule has 0 aliphatic heterocycles. The lowest BCUT2D eigenvalue weighted by Gasteiger charge is -2.15. The molecule has 0 radical (unpaired) electrons. The number of amides is 3. The second kappa shape index (κ2) is 12.3. The van der Waals surface area contributed by atoms with Crippen molar-refractivity contribution in [3.63, 3.8) is 0 Å². The number of nitrogens with two attached hydrogens (primary N) is 1. The first-order valence-electron chi connectivity index (χ1n) is 10.3. The van der Waals surface area contributed by atoms with Crippen LogP contribution in [0.5, 0.6) is 11.6 Å². The molecule has 11 nitrogen and oxygen atoms in total. The molecule has 1 aromatic heterocycles. The molecule has 0 saturated carbocycles. The Hall–Kier alpha value is -3.96. The average Bonchev–Trinajstić information content (AvgIpc) is 2.83. The second-order valence-corrected chi connectivity index (χ2v) is 7.59. The summed E-state index contributed by atoms with van der Waals surface area (Å²) in [7, 11) is 0. The zero-order valence-electron chi connectivity index (χ0n) is 18.1. The Balaban J connectivity index is 1.67. The van der Waals surface area contributed by atoms with E-state index in [0.29, 0.717) is 18.0 Å². The van der Waals surface area contributed by atoms with Gasteiger partial charge in [-0.15, -0.1) is 21.8 Å². The van der Waals surface area contributed by atoms with E-state index < -0.39 is 11.9 Å². The van der Waals surface area contributed by atoms with Crippen molar-refractivity contribution in [3.8, 4) is 11.6 Å². The predicted molar refractivity (Wildman–Crippen MR) is 127 cm³/mol. The number of aliphatic imine (C=N–C) groups is 1. The van der Waals surface area contributed by atoms with Gasteiger partial charge >= 0.3 is 6.03 Å². The molecule has 2 aromatic rings. The number of alkyl halides is 1. The summed E-state index contributed by atoms with van der Waals surface area (Å²) >= 11 is 6.06. The van der Waals surface area contributed by atoms with Crippen molar-refractivity contribution in [2.75, 3.05) is 19.7 Å². The SMILES string of the molecule is NC(=O)c1ccc(Oc2ccc(/N=C(/NCC3=CCC(Cl)C=C3)NC(=O)NCCO)cc2)nn1. The van der Waals surface area contributed by atoms with E-state index in [1.165, 1.54) is 12.1 Å². The number of urea groups is 1. The van der Waals surface area contributed by atoms with Crippen LogP contribution in [-0.4, -0.2) is 58.3 Å². The summed E-state index contributed by atoms with van der Waals surface area (Å²) in [4.78, 5) is 27.6. The highest BCUT2D eigenvalue weighted by Crippen LogP contribution is 2.22. The van der Waals surface area contributed by atoms with Crippen molar-refractivity contribution in [1.82, 2.24) is 26.1 Å². The maximum absolute atomic E-state index is 12.1. The van der Waals surface area contributed by atoms with Crippen LogP contribution in [0.4, 0.5) is 10.5 Å². The topological polar surface area (TPSA) is 164 Å². The molecule has 1 unspecified atom stereocenters. The van der Waals surface area contributed by atoms with Crippen LogP contribution >= 0.6 is 11.6 Å². The number of guanidine groups is 1. The molecule has 6 N–H and O–H groups in total. The molecule has 3 amide bonds. The zero-order valence-corrected chi connectivity index (χ0v) is 18.8. The summed E-state index contributed by atoms with van der Waals surface area (Å²) in [5.41, 5.74) is 6.73. The van der Waals surface area contributed by atoms with Crippen LogP contribution in [0, 0.1) is 0 Å². The summed E-state index contributed by atoms with van der Waals surface area (Å²) in [6.45, 7) is 0.363. The summed E-state index contributed by atoms with van der Waals surface area (Å²) in [5, 5.41) is 24.6. The number of aliphatic hydroxyl groups excluding tert-OH is 1. The second-order valence-electron chi connectivity index (χ2n) is 7.03. The van der Waals surface area contributed by atoms with E-state index in [0.717, 1.165) is 12.0 Å². The van der Waals surface area contributed by atoms with Gasteiger partial charge in [0.15, 0.2) is 5.69 Å². The maximum atomic E-state index is 12.1. The molecular weight excluding hydrogens is 462 g/mol. The molecule has 1 aromatic carbocycles. The van der Waals surface area contributed by atoms with Crippen molar-refractivity contribution < 1.29 is 19.4 Å². The van der Waals surface area contributed by atoms with Gasteiger partial charge in [-0.05, 0) is 42.3 Å². The fourth-order valence-electron chi connectivity index (χ4n) is 2.73. The Morgan fingerprint density at radius 2 is 1.97 bits per heavy atom. The summed E-state index contributed by atoms with van der Waals surface area (Å²) < 4.78 is 5.60. The molecule has 0 spiro atoms. The Kier molecular flexibility index (Phi) is 8.95. The number of hydrogen-bond donors (Lipinski definition) is 5. The molecule has 0 saturated heterocycles. The third kappa shape index (κ3) is 7.87. The van der Waals surface area contributed by atoms with Crippen LogP contribution in [0.2, 0.25) is 0 Å². The van der Waals surface area contributed by atoms with Gasteiger partial charge in [0.05, 0.1) is 17.7 Å². The number of primary amides is 1. The van der Waals surface area contributed by atoms with Crippen molar-refractivity contribution in [2.24, 2.45) is 10.7 Å². The van der Waals surface area contributed by atoms with Gasteiger partial charge in [-0.25, -0.2) is 9.79 Å². The van der Waals surface area contributed by atoms with Gasteiger partial charge in [-0.2, -0.15) is 0 Å². The third-order valence-corrected chi connectivity index (χ3v) is 4.73. The number of allylic oxidation sites excluding steroid dienone is 2. The molecule has 12 heteroatoms. The molecule has 0 fully saturated rings. The van der Waals surface area contributed by atoms with E-state index in [4.69, 9.17) is 27.2 Å². The molecule has 1 aliphatic carbocycles. The van der Waals surface area contributed by atoms with Crippen molar-refractivity contribution in [2.45, 2.75) is 11.8 Å². The number of rotatable bonds is 8. The molecule has 34 heavy (non-hydrogen) atoms. The number of ether oxygens (including phenoxy) is 1. The number of nitrogens with zero attached hydrogens (tertiary/aromatic N) is 3. The Bertz CT molecular complexity index is 1090. The lowest BCUT2D eigenvalue weighted by Crippen LogP contribution is -2.46. The molecule has 1 aliphatic rings. The van der Waals surface area contributed by atoms with E-state index in [-0.39, 0.29) is 36.1 Å². The Morgan fingerprint density at radius 1 is 1.18 bits per heavy atom. The predicted octanol–water partition coefficient (Wildman–Crippen LogP) is 1.73. The number of benzene rings is 1. The monoisotopic (exact) mass is 485 g/mol. The Morgan fingerprint density at radius 3 is 2.59 bits per heavy atom. The lowest BCUT2D eigenvalue weighted by molar-refractivity contribution is 0.0994. The van der Waals surface area contributed by atoms with Gasteiger partial charge < -0.3 is 26.2 Å². The number of aliphatic hydroxyl groups is 1. The molecule has 1 heterocycles. The fourth-order valence-corrected chi connectivity index (χ4v) is 2.89. The highest BCUT2D eigenvalue weighted by atomic mass is 35.5. The summed E-state index contributed by atoms with van der Waals surface area (Å²) in [6.07, 6.45) is 6.56. The molecule has 0 bridgehead atoms. The van der Waals surface area contributed by atoms with Crippen LogP contribution in [0.15, 0.2) is 65.2 Å². The molecule has 178 valence electrons. The van der Waals surface area contributed by atoms with Gasteiger partial charge in [-0.3, -0.25) is 10.1 Å². The average molecular weight is 486 g/mol. The first kappa shape index (κ1) is 24.7. The zero-order chi connectivity index (χ0) is 24.3. The number of carbonyl (C=O) groups is 2. The highest BCUT2D eigenvalue weighted by molar-refractivity contribution is 6.22. The molecular formula is C22H24ClN7O4. The van der Waals surface area contributed by atoms with E-state index in [1.54, 1.807) is 24.3 Å². The number of nitrogens with one attached hydrogen (secondary N) is 3. The van der Waals surface area contributed by atoms with Crippen LogP contribution in [0.1, 0.15) is 16.9 Å². The molecule has 1 atom stereocenters. The minimum Gasteiger partial charge on any atom is -0.438 e. The summed E-state index contributed by atoms with van der Waals surface area (Å²) in [5.74, 6) is 0.206. The van der Waals surface area contributed by atoms with E-state index in [9.17, 15) is 9.59 Å². The van der Waals surface area contributed by atoms with Gasteiger partial charge in [0.25, 0.3) is 5.91 Å². The number of aromatic nitrogens is 2. The van der Waals surface area contributed by atoms with Gasteiger partial charge in [-0.1, -0.05) is 18.2 Å². The quantitative estimate of drug-likeness (QED) is 0.216. The van der Waals surface area contributed by atoms with Gasteiger partial charge in [0.1, 0.15) is 5.75 Å². The first-order valence-corrected chi connectivity index (χ1v) is 10.8. The minimum atomic E-state index is -0.677. The van der Waals surface area contributed by atoms with E-state index in [1.807, 2.05) is 18.2 Å². The molecule has 3 rings (SSSR count). The van der Waals surface area contributed by atoms with Crippen LogP contribution in [-0.2, 0) is 0 Å². The summed E-state index contributed by atoms with van der Waals surface area (Å²) in [6, 6.07) is 9.10. The lowest BCUT2D eigenvalue weighted by atomic mass is 10.1. The normalized spacial score (nSPS) is 15.3. The first-order chi connectivity index (χ1) is 16.4. The van der Waals surface area contributed by atoms with E-state index in [2.05, 4.69) is 31.1 Å². The maximum Gasteiger partial charge on any atom is 0.321 e. The van der Waals surface area contributed by atoms with Crippen LogP contribution < -0.4 is 26.4 Å². The smallest absolute Gasteiger partial charge is 0.321 e. The van der Waals surface area contributed by atoms with Gasteiger partial charge in [0.2, 0.25) is 11.8 Å². The number of halogens is 1. The van der Waals surface area contributed by atoms with Crippen LogP contribution in [0.25, 0.3) is 0 Å². The van der Waals surface area contributed by atoms with Crippen LogP contribution in [0.3, 0.4) is 0 Å². The third-order valence-electron chi connectivity index (χ3n) is 4.41. The van der Waals surface area contributed by atoms with Crippen molar-refractivity contribution >= 4 is 35.2 Å². The van der Waals surface area contributed by atoms with Crippen molar-refractivity contribution in [3.05, 3.63) is 65.9 Å². The fraction of sp³-hybridized carbons (Fsp3) is 0.227.